The first kappa shape index (κ1) is 21.0. The van der Waals surface area contributed by atoms with Crippen LogP contribution in [-0.4, -0.2) is 30.4 Å². The summed E-state index contributed by atoms with van der Waals surface area (Å²) in [5, 5.41) is 24.7. The number of nitrogens with one attached hydrogen (secondary N) is 1. The molecule has 0 saturated heterocycles. The number of amides is 1. The number of rotatable bonds is 7. The van der Waals surface area contributed by atoms with E-state index in [0.717, 1.165) is 11.1 Å². The molecule has 1 aromatic carbocycles. The number of carbonyl (C=O) groups excluding carboxylic acids is 1. The lowest BCUT2D eigenvalue weighted by atomic mass is 10.2. The summed E-state index contributed by atoms with van der Waals surface area (Å²) in [6, 6.07) is 8.66. The Morgan fingerprint density at radius 2 is 2.03 bits per heavy atom. The summed E-state index contributed by atoms with van der Waals surface area (Å²) in [5.41, 5.74) is 1.59. The second-order valence-corrected chi connectivity index (χ2v) is 8.32. The topological polar surface area (TPSA) is 108 Å². The van der Waals surface area contributed by atoms with Crippen LogP contribution >= 0.6 is 34.5 Å². The minimum atomic E-state index is -0.504. The summed E-state index contributed by atoms with van der Waals surface area (Å²) < 4.78 is 3.11. The number of thiophene rings is 1. The van der Waals surface area contributed by atoms with Gasteiger partial charge in [-0.1, -0.05) is 29.3 Å². The highest BCUT2D eigenvalue weighted by atomic mass is 35.5. The van der Waals surface area contributed by atoms with E-state index in [2.05, 4.69) is 15.5 Å². The van der Waals surface area contributed by atoms with Crippen LogP contribution in [0, 0.1) is 10.1 Å². The average Bonchev–Trinajstić information content (AvgIpc) is 3.46. The molecule has 0 saturated carbocycles. The Morgan fingerprint density at radius 3 is 2.77 bits per heavy atom. The Hall–Kier alpha value is -3.21. The van der Waals surface area contributed by atoms with Gasteiger partial charge in [-0.2, -0.15) is 10.2 Å². The molecule has 0 unspecified atom stereocenters. The van der Waals surface area contributed by atoms with Crippen LogP contribution in [0.5, 0.6) is 0 Å². The van der Waals surface area contributed by atoms with Crippen LogP contribution in [0.25, 0.3) is 0 Å². The molecule has 0 aliphatic heterocycles. The number of hydrogen-bond donors (Lipinski definition) is 1. The van der Waals surface area contributed by atoms with E-state index in [1.54, 1.807) is 35.1 Å². The summed E-state index contributed by atoms with van der Waals surface area (Å²) in [7, 11) is 0. The van der Waals surface area contributed by atoms with Crippen molar-refractivity contribution in [3.63, 3.8) is 0 Å². The van der Waals surface area contributed by atoms with Crippen LogP contribution in [0.15, 0.2) is 54.3 Å². The fraction of sp³-hybridized carbons (Fsp3) is 0.105. The zero-order valence-electron chi connectivity index (χ0n) is 15.7. The van der Waals surface area contributed by atoms with Crippen molar-refractivity contribution in [3.05, 3.63) is 90.5 Å². The molecule has 12 heteroatoms. The molecule has 0 radical (unpaired) electrons. The van der Waals surface area contributed by atoms with Crippen molar-refractivity contribution < 1.29 is 9.72 Å². The first-order valence-corrected chi connectivity index (χ1v) is 10.5. The highest BCUT2D eigenvalue weighted by Crippen LogP contribution is 2.22. The first-order valence-electron chi connectivity index (χ1n) is 8.90. The second-order valence-electron chi connectivity index (χ2n) is 6.56. The van der Waals surface area contributed by atoms with Gasteiger partial charge in [-0.15, -0.1) is 11.3 Å². The van der Waals surface area contributed by atoms with E-state index in [1.165, 1.54) is 28.4 Å². The Balaban J connectivity index is 1.38. The summed E-state index contributed by atoms with van der Waals surface area (Å²) in [6.45, 7) is 0.763. The van der Waals surface area contributed by atoms with Gasteiger partial charge in [0.25, 0.3) is 5.91 Å². The van der Waals surface area contributed by atoms with E-state index in [9.17, 15) is 14.9 Å². The fourth-order valence-corrected chi connectivity index (χ4v) is 4.08. The number of carbonyl (C=O) groups is 1. The minimum absolute atomic E-state index is 0.0799. The van der Waals surface area contributed by atoms with E-state index in [1.807, 2.05) is 11.4 Å². The lowest BCUT2D eigenvalue weighted by molar-refractivity contribution is -0.385. The van der Waals surface area contributed by atoms with Crippen LogP contribution < -0.4 is 5.32 Å². The highest BCUT2D eigenvalue weighted by molar-refractivity contribution is 7.12. The number of nitro groups is 1. The molecule has 158 valence electrons. The lowest BCUT2D eigenvalue weighted by Gasteiger charge is -2.05. The molecule has 3 heterocycles. The lowest BCUT2D eigenvalue weighted by Crippen LogP contribution is -2.11. The van der Waals surface area contributed by atoms with Gasteiger partial charge in [-0.25, -0.2) is 0 Å². The number of halogens is 2. The van der Waals surface area contributed by atoms with Crippen molar-refractivity contribution in [1.29, 1.82) is 0 Å². The van der Waals surface area contributed by atoms with Gasteiger partial charge in [-0.3, -0.25) is 24.3 Å². The van der Waals surface area contributed by atoms with Crippen molar-refractivity contribution in [1.82, 2.24) is 19.6 Å². The molecule has 3 aromatic heterocycles. The number of benzene rings is 1. The zero-order valence-corrected chi connectivity index (χ0v) is 18.1. The van der Waals surface area contributed by atoms with Crippen LogP contribution in [0.4, 0.5) is 11.5 Å². The van der Waals surface area contributed by atoms with E-state index < -0.39 is 4.92 Å². The maximum Gasteiger partial charge on any atom is 0.307 e. The molecule has 0 aliphatic rings. The van der Waals surface area contributed by atoms with Crippen LogP contribution in [-0.2, 0) is 13.1 Å². The van der Waals surface area contributed by atoms with Crippen molar-refractivity contribution in [2.45, 2.75) is 13.1 Å². The summed E-state index contributed by atoms with van der Waals surface area (Å²) in [4.78, 5) is 23.3. The largest absolute Gasteiger partial charge is 0.307 e. The molecule has 9 nitrogen and oxygen atoms in total. The van der Waals surface area contributed by atoms with Crippen molar-refractivity contribution in [2.24, 2.45) is 0 Å². The normalized spacial score (nSPS) is 10.9. The van der Waals surface area contributed by atoms with Crippen molar-refractivity contribution in [3.8, 4) is 0 Å². The predicted octanol–water partition coefficient (Wildman–Crippen LogP) is 4.71. The van der Waals surface area contributed by atoms with Gasteiger partial charge in [0.05, 0.1) is 22.9 Å². The third kappa shape index (κ3) is 5.10. The fourth-order valence-electron chi connectivity index (χ4n) is 2.82. The molecule has 0 atom stereocenters. The maximum absolute atomic E-state index is 12.5. The molecule has 0 aliphatic carbocycles. The third-order valence-corrected chi connectivity index (χ3v) is 5.85. The smallest absolute Gasteiger partial charge is 0.304 e. The van der Waals surface area contributed by atoms with Crippen LogP contribution in [0.3, 0.4) is 0 Å². The van der Waals surface area contributed by atoms with Crippen LogP contribution in [0.1, 0.15) is 20.8 Å². The molecule has 0 fully saturated rings. The van der Waals surface area contributed by atoms with E-state index in [-0.39, 0.29) is 11.6 Å². The highest BCUT2D eigenvalue weighted by Gasteiger charge is 2.14. The molecular weight excluding hydrogens is 463 g/mol. The van der Waals surface area contributed by atoms with Gasteiger partial charge in [0.1, 0.15) is 12.4 Å². The van der Waals surface area contributed by atoms with E-state index >= 15 is 0 Å². The summed E-state index contributed by atoms with van der Waals surface area (Å²) in [6.07, 6.45) is 4.27. The van der Waals surface area contributed by atoms with E-state index in [4.69, 9.17) is 23.2 Å². The zero-order chi connectivity index (χ0) is 22.0. The number of hydrogen-bond acceptors (Lipinski definition) is 6. The van der Waals surface area contributed by atoms with Gasteiger partial charge >= 0.3 is 5.69 Å². The molecule has 0 bridgehead atoms. The van der Waals surface area contributed by atoms with Gasteiger partial charge < -0.3 is 5.32 Å². The number of anilines is 1. The quantitative estimate of drug-likeness (QED) is 0.307. The Kier molecular flexibility index (Phi) is 6.03. The third-order valence-electron chi connectivity index (χ3n) is 4.28. The minimum Gasteiger partial charge on any atom is -0.304 e. The Labute approximate surface area is 190 Å². The summed E-state index contributed by atoms with van der Waals surface area (Å²) >= 11 is 13.4. The van der Waals surface area contributed by atoms with Crippen molar-refractivity contribution >= 4 is 52.0 Å². The number of aromatic nitrogens is 4. The molecule has 1 amide bonds. The summed E-state index contributed by atoms with van der Waals surface area (Å²) in [5.74, 6) is 0.116. The molecule has 0 spiro atoms. The SMILES string of the molecule is O=C(Nc1ccn(Cc2ccc(Cl)cc2Cl)n1)c1cc(Cn2cc([N+](=O)[O-])cn2)cs1. The Morgan fingerprint density at radius 1 is 1.19 bits per heavy atom. The average molecular weight is 477 g/mol. The van der Waals surface area contributed by atoms with E-state index in [0.29, 0.717) is 33.8 Å². The van der Waals surface area contributed by atoms with Gasteiger partial charge in [0.15, 0.2) is 5.82 Å². The second kappa shape index (κ2) is 8.88. The molecule has 4 rings (SSSR count). The van der Waals surface area contributed by atoms with Gasteiger partial charge in [0.2, 0.25) is 0 Å². The molecular formula is C19H14Cl2N6O3S. The number of nitrogens with zero attached hydrogens (tertiary/aromatic N) is 5. The molecule has 1 N–H and O–H groups in total. The maximum atomic E-state index is 12.5. The molecule has 31 heavy (non-hydrogen) atoms. The standard InChI is InChI=1S/C19H14Cl2N6O3S/c20-14-2-1-13(16(21)6-14)9-25-4-3-18(24-25)23-19(28)17-5-12(11-31-17)8-26-10-15(7-22-26)27(29)30/h1-7,10-11H,8-9H2,(H,23,24,28). The van der Waals surface area contributed by atoms with Gasteiger partial charge in [0, 0.05) is 22.3 Å². The van der Waals surface area contributed by atoms with Crippen molar-refractivity contribution in [2.75, 3.05) is 5.32 Å². The first-order chi connectivity index (χ1) is 14.9. The predicted molar refractivity (Wildman–Crippen MR) is 118 cm³/mol. The molecule has 4 aromatic rings. The Bertz CT molecular complexity index is 1270. The van der Waals surface area contributed by atoms with Crippen LogP contribution in [0.2, 0.25) is 10.0 Å². The monoisotopic (exact) mass is 476 g/mol. The van der Waals surface area contributed by atoms with Gasteiger partial charge in [-0.05, 0) is 34.7 Å².